The van der Waals surface area contributed by atoms with Crippen molar-refractivity contribution < 1.29 is 9.90 Å². The van der Waals surface area contributed by atoms with Gasteiger partial charge in [-0.25, -0.2) is 9.78 Å². The molecule has 1 aliphatic rings. The number of hydrogen-bond donors (Lipinski definition) is 1. The van der Waals surface area contributed by atoms with E-state index in [0.717, 1.165) is 30.6 Å². The van der Waals surface area contributed by atoms with Crippen molar-refractivity contribution in [3.05, 3.63) is 46.5 Å². The average molecular weight is 277 g/mol. The lowest BCUT2D eigenvalue weighted by atomic mass is 10.0. The monoisotopic (exact) mass is 276 g/mol. The molecule has 5 heteroatoms. The molecule has 1 aromatic carbocycles. The Morgan fingerprint density at radius 2 is 2.11 bits per heavy atom. The summed E-state index contributed by atoms with van der Waals surface area (Å²) in [7, 11) is 0. The minimum Gasteiger partial charge on any atom is -0.478 e. The second kappa shape index (κ2) is 4.70. The molecule has 0 radical (unpaired) electrons. The Kier molecular flexibility index (Phi) is 3.03. The third-order valence-corrected chi connectivity index (χ3v) is 3.79. The summed E-state index contributed by atoms with van der Waals surface area (Å²) in [6.45, 7) is 0. The zero-order valence-corrected chi connectivity index (χ0v) is 11.0. The van der Waals surface area contributed by atoms with Gasteiger partial charge >= 0.3 is 5.97 Å². The van der Waals surface area contributed by atoms with Gasteiger partial charge < -0.3 is 9.67 Å². The molecule has 0 fully saturated rings. The Balaban J connectivity index is 2.07. The molecule has 0 atom stereocenters. The maximum atomic E-state index is 10.9. The third kappa shape index (κ3) is 2.12. The first-order valence-electron chi connectivity index (χ1n) is 6.25. The number of aryl methyl sites for hydroxylation is 1. The predicted octanol–water partition coefficient (Wildman–Crippen LogP) is 3.10. The van der Waals surface area contributed by atoms with Gasteiger partial charge in [0.1, 0.15) is 0 Å². The van der Waals surface area contributed by atoms with Gasteiger partial charge in [0.05, 0.1) is 28.3 Å². The number of carboxylic acid groups (broad SMARTS) is 1. The topological polar surface area (TPSA) is 55.1 Å². The lowest BCUT2D eigenvalue weighted by molar-refractivity contribution is 0.0697. The van der Waals surface area contributed by atoms with E-state index in [1.54, 1.807) is 18.5 Å². The number of nitrogens with zero attached hydrogens (tertiary/aromatic N) is 2. The minimum absolute atomic E-state index is 0.197. The summed E-state index contributed by atoms with van der Waals surface area (Å²) >= 11 is 6.20. The van der Waals surface area contributed by atoms with Crippen LogP contribution in [0.4, 0.5) is 0 Å². The Morgan fingerprint density at radius 1 is 1.32 bits per heavy atom. The maximum absolute atomic E-state index is 10.9. The number of rotatable bonds is 2. The fraction of sp³-hybridized carbons (Fsp3) is 0.286. The lowest BCUT2D eigenvalue weighted by Gasteiger charge is -2.15. The Hall–Kier alpha value is -1.81. The van der Waals surface area contributed by atoms with Crippen LogP contribution in [0.2, 0.25) is 5.02 Å². The van der Waals surface area contributed by atoms with Crippen LogP contribution in [-0.2, 0) is 12.8 Å². The number of carbonyl (C=O) groups is 1. The van der Waals surface area contributed by atoms with Gasteiger partial charge in [-0.2, -0.15) is 0 Å². The number of carboxylic acids is 1. The van der Waals surface area contributed by atoms with Crippen LogP contribution in [0, 0.1) is 0 Å². The summed E-state index contributed by atoms with van der Waals surface area (Å²) in [5, 5.41) is 9.38. The molecule has 1 N–H and O–H groups in total. The molecule has 1 aliphatic carbocycles. The second-order valence-electron chi connectivity index (χ2n) is 4.69. The molecule has 19 heavy (non-hydrogen) atoms. The van der Waals surface area contributed by atoms with Crippen LogP contribution in [0.15, 0.2) is 24.5 Å². The number of fused-ring (bicyclic) bond motifs is 1. The van der Waals surface area contributed by atoms with Gasteiger partial charge in [-0.15, -0.1) is 0 Å². The molecule has 1 heterocycles. The van der Waals surface area contributed by atoms with Crippen LogP contribution >= 0.6 is 11.6 Å². The zero-order chi connectivity index (χ0) is 13.4. The molecular formula is C14H13ClN2O2. The molecule has 0 saturated heterocycles. The summed E-state index contributed by atoms with van der Waals surface area (Å²) in [6, 6.07) is 4.79. The molecule has 0 bridgehead atoms. The van der Waals surface area contributed by atoms with Crippen LogP contribution in [0.1, 0.15) is 34.6 Å². The van der Waals surface area contributed by atoms with Crippen LogP contribution in [-0.4, -0.2) is 20.6 Å². The van der Waals surface area contributed by atoms with E-state index in [1.165, 1.54) is 18.2 Å². The van der Waals surface area contributed by atoms with E-state index >= 15 is 0 Å². The highest BCUT2D eigenvalue weighted by atomic mass is 35.5. The molecule has 0 unspecified atom stereocenters. The van der Waals surface area contributed by atoms with Crippen molar-refractivity contribution in [2.45, 2.75) is 25.7 Å². The lowest BCUT2D eigenvalue weighted by Crippen LogP contribution is -2.07. The van der Waals surface area contributed by atoms with E-state index in [4.69, 9.17) is 16.7 Å². The second-order valence-corrected chi connectivity index (χ2v) is 5.09. The van der Waals surface area contributed by atoms with Gasteiger partial charge in [-0.3, -0.25) is 0 Å². The van der Waals surface area contributed by atoms with Crippen molar-refractivity contribution in [1.82, 2.24) is 9.55 Å². The standard InChI is InChI=1S/C14H13ClN2O2/c15-10-7-9(14(18)19)5-6-12(10)17-8-16-11-3-1-2-4-13(11)17/h5-8H,1-4H2,(H,18,19). The number of benzene rings is 1. The molecular weight excluding hydrogens is 264 g/mol. The van der Waals surface area contributed by atoms with Crippen molar-refractivity contribution in [2.75, 3.05) is 0 Å². The summed E-state index contributed by atoms with van der Waals surface area (Å²) < 4.78 is 1.97. The molecule has 0 amide bonds. The summed E-state index contributed by atoms with van der Waals surface area (Å²) in [5.41, 5.74) is 3.31. The van der Waals surface area contributed by atoms with Crippen molar-refractivity contribution in [1.29, 1.82) is 0 Å². The van der Waals surface area contributed by atoms with Gasteiger partial charge in [-0.1, -0.05) is 11.6 Å². The summed E-state index contributed by atoms with van der Waals surface area (Å²) in [6.07, 6.45) is 6.11. The SMILES string of the molecule is O=C(O)c1ccc(-n2cnc3c2CCCC3)c(Cl)c1. The fourth-order valence-corrected chi connectivity index (χ4v) is 2.78. The molecule has 2 aromatic rings. The van der Waals surface area contributed by atoms with Crippen molar-refractivity contribution in [3.63, 3.8) is 0 Å². The Bertz CT molecular complexity index is 649. The summed E-state index contributed by atoms with van der Waals surface area (Å²) in [4.78, 5) is 15.3. The first kappa shape index (κ1) is 12.2. The maximum Gasteiger partial charge on any atom is 0.335 e. The van der Waals surface area contributed by atoms with Gasteiger partial charge in [0.25, 0.3) is 0 Å². The third-order valence-electron chi connectivity index (χ3n) is 3.48. The van der Waals surface area contributed by atoms with Crippen molar-refractivity contribution >= 4 is 17.6 Å². The van der Waals surface area contributed by atoms with E-state index in [9.17, 15) is 4.79 Å². The normalized spacial score (nSPS) is 14.2. The van der Waals surface area contributed by atoms with Crippen molar-refractivity contribution in [3.8, 4) is 5.69 Å². The van der Waals surface area contributed by atoms with Gasteiger partial charge in [0, 0.05) is 5.69 Å². The molecule has 0 aliphatic heterocycles. The van der Waals surface area contributed by atoms with Gasteiger partial charge in [0.15, 0.2) is 0 Å². The molecule has 3 rings (SSSR count). The minimum atomic E-state index is -0.971. The van der Waals surface area contributed by atoms with E-state index in [2.05, 4.69) is 4.98 Å². The summed E-state index contributed by atoms with van der Waals surface area (Å²) in [5.74, 6) is -0.971. The zero-order valence-electron chi connectivity index (χ0n) is 10.3. The number of aromatic nitrogens is 2. The Labute approximate surface area is 115 Å². The van der Waals surface area contributed by atoms with Crippen molar-refractivity contribution in [2.24, 2.45) is 0 Å². The number of halogens is 1. The van der Waals surface area contributed by atoms with E-state index in [1.807, 2.05) is 4.57 Å². The van der Waals surface area contributed by atoms with Gasteiger partial charge in [-0.05, 0) is 43.9 Å². The molecule has 0 spiro atoms. The highest BCUT2D eigenvalue weighted by Crippen LogP contribution is 2.27. The predicted molar refractivity (Wildman–Crippen MR) is 72.2 cm³/mol. The first-order chi connectivity index (χ1) is 9.16. The molecule has 0 saturated carbocycles. The molecule has 98 valence electrons. The fourth-order valence-electron chi connectivity index (χ4n) is 2.51. The number of hydrogen-bond acceptors (Lipinski definition) is 2. The molecule has 1 aromatic heterocycles. The van der Waals surface area contributed by atoms with E-state index in [0.29, 0.717) is 5.02 Å². The van der Waals surface area contributed by atoms with Gasteiger partial charge in [0.2, 0.25) is 0 Å². The smallest absolute Gasteiger partial charge is 0.335 e. The van der Waals surface area contributed by atoms with Crippen LogP contribution in [0.25, 0.3) is 5.69 Å². The molecule has 4 nitrogen and oxygen atoms in total. The highest BCUT2D eigenvalue weighted by molar-refractivity contribution is 6.32. The number of imidazole rings is 1. The van der Waals surface area contributed by atoms with Crippen LogP contribution < -0.4 is 0 Å². The van der Waals surface area contributed by atoms with E-state index in [-0.39, 0.29) is 5.56 Å². The quantitative estimate of drug-likeness (QED) is 0.917. The highest BCUT2D eigenvalue weighted by Gasteiger charge is 2.17. The van der Waals surface area contributed by atoms with Crippen LogP contribution in [0.3, 0.4) is 0 Å². The van der Waals surface area contributed by atoms with Crippen LogP contribution in [0.5, 0.6) is 0 Å². The average Bonchev–Trinajstić information content (AvgIpc) is 2.82. The van der Waals surface area contributed by atoms with E-state index < -0.39 is 5.97 Å². The first-order valence-corrected chi connectivity index (χ1v) is 6.63. The number of aromatic carboxylic acids is 1. The largest absolute Gasteiger partial charge is 0.478 e. The Morgan fingerprint density at radius 3 is 2.84 bits per heavy atom.